The molecule has 7 heteroatoms. The summed E-state index contributed by atoms with van der Waals surface area (Å²) < 4.78 is 12.6. The second kappa shape index (κ2) is 5.10. The van der Waals surface area contributed by atoms with E-state index in [2.05, 4.69) is 29.7 Å². The maximum atomic E-state index is 11.3. The first-order valence-corrected chi connectivity index (χ1v) is 10.8. The van der Waals surface area contributed by atoms with Gasteiger partial charge in [0.05, 0.1) is 13.7 Å². The van der Waals surface area contributed by atoms with Crippen LogP contribution < -0.4 is 9.47 Å². The van der Waals surface area contributed by atoms with Gasteiger partial charge in [-0.2, -0.15) is 5.10 Å². The molecule has 3 rings (SSSR count). The maximum absolute atomic E-state index is 11.3. The van der Waals surface area contributed by atoms with Crippen LogP contribution in [-0.2, 0) is 5.60 Å². The predicted molar refractivity (Wildman–Crippen MR) is 84.5 cm³/mol. The van der Waals surface area contributed by atoms with E-state index in [1.54, 1.807) is 11.0 Å². The van der Waals surface area contributed by atoms with Crippen molar-refractivity contribution in [1.82, 2.24) is 14.8 Å². The van der Waals surface area contributed by atoms with E-state index < -0.39 is 13.7 Å². The lowest BCUT2D eigenvalue weighted by Crippen LogP contribution is -2.48. The Morgan fingerprint density at radius 3 is 2.64 bits per heavy atom. The number of ether oxygens (including phenoxy) is 2. The lowest BCUT2D eigenvalue weighted by atomic mass is 9.95. The lowest BCUT2D eigenvalue weighted by molar-refractivity contribution is 0.0228. The highest BCUT2D eigenvalue weighted by atomic mass is 28.3. The van der Waals surface area contributed by atoms with Gasteiger partial charge in [-0.3, -0.25) is 0 Å². The van der Waals surface area contributed by atoms with Crippen LogP contribution in [0.15, 0.2) is 30.9 Å². The monoisotopic (exact) mass is 319 g/mol. The zero-order chi connectivity index (χ0) is 16.0. The van der Waals surface area contributed by atoms with Crippen LogP contribution in [0.4, 0.5) is 0 Å². The van der Waals surface area contributed by atoms with Crippen molar-refractivity contribution in [2.45, 2.75) is 37.8 Å². The summed E-state index contributed by atoms with van der Waals surface area (Å²) in [6.45, 7) is 8.68. The fourth-order valence-electron chi connectivity index (χ4n) is 3.22. The van der Waals surface area contributed by atoms with Gasteiger partial charge in [0, 0.05) is 0 Å². The van der Waals surface area contributed by atoms with Crippen molar-refractivity contribution in [2.75, 3.05) is 6.79 Å². The summed E-state index contributed by atoms with van der Waals surface area (Å²) in [7, 11) is -1.80. The zero-order valence-electron chi connectivity index (χ0n) is 13.3. The predicted octanol–water partition coefficient (Wildman–Crippen LogP) is 2.33. The van der Waals surface area contributed by atoms with Gasteiger partial charge in [0.25, 0.3) is 0 Å². The molecule has 0 bridgehead atoms. The first kappa shape index (κ1) is 15.0. The Balaban J connectivity index is 2.06. The molecule has 2 unspecified atom stereocenters. The van der Waals surface area contributed by atoms with Crippen molar-refractivity contribution in [2.24, 2.45) is 0 Å². The van der Waals surface area contributed by atoms with Crippen molar-refractivity contribution in [1.29, 1.82) is 0 Å². The van der Waals surface area contributed by atoms with Crippen LogP contribution in [0.3, 0.4) is 0 Å². The highest BCUT2D eigenvalue weighted by Gasteiger charge is 2.44. The van der Waals surface area contributed by atoms with Crippen LogP contribution in [0.2, 0.25) is 19.6 Å². The molecule has 0 spiro atoms. The van der Waals surface area contributed by atoms with E-state index in [9.17, 15) is 5.11 Å². The molecule has 0 fully saturated rings. The van der Waals surface area contributed by atoms with Crippen LogP contribution in [-0.4, -0.2) is 34.7 Å². The van der Waals surface area contributed by atoms with Crippen molar-refractivity contribution in [3.63, 3.8) is 0 Å². The smallest absolute Gasteiger partial charge is 0.231 e. The molecular weight excluding hydrogens is 298 g/mol. The van der Waals surface area contributed by atoms with E-state index in [0.29, 0.717) is 11.5 Å². The van der Waals surface area contributed by atoms with E-state index in [-0.39, 0.29) is 12.5 Å². The van der Waals surface area contributed by atoms with Crippen molar-refractivity contribution >= 4 is 8.07 Å². The number of hydrogen-bond donors (Lipinski definition) is 1. The van der Waals surface area contributed by atoms with E-state index in [4.69, 9.17) is 9.47 Å². The van der Waals surface area contributed by atoms with E-state index in [1.165, 1.54) is 6.33 Å². The summed E-state index contributed by atoms with van der Waals surface area (Å²) >= 11 is 0. The first-order valence-electron chi connectivity index (χ1n) is 7.27. The summed E-state index contributed by atoms with van der Waals surface area (Å²) in [5.74, 6) is 1.38. The lowest BCUT2D eigenvalue weighted by Gasteiger charge is -2.40. The first-order chi connectivity index (χ1) is 10.3. The van der Waals surface area contributed by atoms with Crippen LogP contribution >= 0.6 is 0 Å². The Kier molecular flexibility index (Phi) is 3.49. The molecule has 1 N–H and O–H groups in total. The molecule has 1 aliphatic rings. The molecule has 0 radical (unpaired) electrons. The summed E-state index contributed by atoms with van der Waals surface area (Å²) in [5, 5.41) is 15.6. The number of hydrogen-bond acceptors (Lipinski definition) is 5. The summed E-state index contributed by atoms with van der Waals surface area (Å²) in [6, 6.07) is 5.58. The summed E-state index contributed by atoms with van der Waals surface area (Å²) in [6.07, 6.45) is 3.17. The molecule has 0 saturated heterocycles. The van der Waals surface area contributed by atoms with Gasteiger partial charge in [-0.15, -0.1) is 0 Å². The summed E-state index contributed by atoms with van der Waals surface area (Å²) in [5.41, 5.74) is -0.443. The SMILES string of the molecule is CC(O)(c1ccc2c(c1)OCO2)C(n1cncn1)[Si](C)(C)C. The van der Waals surface area contributed by atoms with Crippen LogP contribution in [0, 0.1) is 0 Å². The van der Waals surface area contributed by atoms with Gasteiger partial charge in [0.2, 0.25) is 6.79 Å². The van der Waals surface area contributed by atoms with Crippen molar-refractivity contribution in [3.05, 3.63) is 36.4 Å². The molecule has 2 heterocycles. The van der Waals surface area contributed by atoms with Gasteiger partial charge in [0.1, 0.15) is 18.3 Å². The number of fused-ring (bicyclic) bond motifs is 1. The van der Waals surface area contributed by atoms with Gasteiger partial charge in [0.15, 0.2) is 11.5 Å². The van der Waals surface area contributed by atoms with Crippen LogP contribution in [0.5, 0.6) is 11.5 Å². The Bertz CT molecular complexity index is 665. The highest BCUT2D eigenvalue weighted by molar-refractivity contribution is 6.77. The standard InChI is InChI=1S/C15H21N3O3Si/c1-15(19,11-5-6-12-13(7-11)21-10-20-12)14(22(2,3)4)18-9-16-8-17-18/h5-9,14,19H,10H2,1-4H3. The molecule has 6 nitrogen and oxygen atoms in total. The second-order valence-corrected chi connectivity index (χ2v) is 12.1. The molecule has 0 amide bonds. The number of aromatic nitrogens is 3. The molecule has 2 atom stereocenters. The molecular formula is C15H21N3O3Si. The Hall–Kier alpha value is -1.86. The average molecular weight is 319 g/mol. The second-order valence-electron chi connectivity index (χ2n) is 6.86. The molecule has 1 aliphatic heterocycles. The largest absolute Gasteiger partial charge is 0.454 e. The summed E-state index contributed by atoms with van der Waals surface area (Å²) in [4.78, 5) is 4.04. The van der Waals surface area contributed by atoms with E-state index in [1.807, 2.05) is 25.1 Å². The van der Waals surface area contributed by atoms with Crippen molar-refractivity contribution in [3.8, 4) is 11.5 Å². The van der Waals surface area contributed by atoms with Crippen LogP contribution in [0.25, 0.3) is 0 Å². The number of nitrogens with zero attached hydrogens (tertiary/aromatic N) is 3. The molecule has 2 aromatic rings. The molecule has 0 saturated carbocycles. The van der Waals surface area contributed by atoms with E-state index in [0.717, 1.165) is 5.56 Å². The number of rotatable bonds is 4. The number of aliphatic hydroxyl groups is 1. The highest BCUT2D eigenvalue weighted by Crippen LogP contribution is 2.42. The Labute approximate surface area is 130 Å². The van der Waals surface area contributed by atoms with Gasteiger partial charge < -0.3 is 14.6 Å². The molecule has 118 valence electrons. The minimum atomic E-state index is -1.80. The van der Waals surface area contributed by atoms with Gasteiger partial charge in [-0.25, -0.2) is 9.67 Å². The third-order valence-corrected chi connectivity index (χ3v) is 6.48. The third-order valence-electron chi connectivity index (χ3n) is 4.01. The zero-order valence-corrected chi connectivity index (χ0v) is 14.3. The minimum Gasteiger partial charge on any atom is -0.454 e. The van der Waals surface area contributed by atoms with Crippen molar-refractivity contribution < 1.29 is 14.6 Å². The van der Waals surface area contributed by atoms with E-state index >= 15 is 0 Å². The van der Waals surface area contributed by atoms with Crippen LogP contribution in [0.1, 0.15) is 18.2 Å². The molecule has 22 heavy (non-hydrogen) atoms. The average Bonchev–Trinajstić information content (AvgIpc) is 3.05. The normalized spacial score (nSPS) is 18.0. The van der Waals surface area contributed by atoms with Gasteiger partial charge >= 0.3 is 0 Å². The minimum absolute atomic E-state index is 0.150. The molecule has 0 aliphatic carbocycles. The fourth-order valence-corrected chi connectivity index (χ4v) is 6.00. The third kappa shape index (κ3) is 2.50. The number of benzene rings is 1. The Morgan fingerprint density at radius 1 is 1.27 bits per heavy atom. The quantitative estimate of drug-likeness (QED) is 0.876. The molecule has 1 aromatic heterocycles. The molecule has 1 aromatic carbocycles. The Morgan fingerprint density at radius 2 is 2.00 bits per heavy atom. The topological polar surface area (TPSA) is 69.4 Å². The fraction of sp³-hybridized carbons (Fsp3) is 0.467. The maximum Gasteiger partial charge on any atom is 0.231 e. The van der Waals surface area contributed by atoms with Gasteiger partial charge in [-0.1, -0.05) is 25.7 Å². The van der Waals surface area contributed by atoms with Gasteiger partial charge in [-0.05, 0) is 24.6 Å².